The van der Waals surface area contributed by atoms with E-state index in [1.807, 2.05) is 18.2 Å². The van der Waals surface area contributed by atoms with Crippen molar-refractivity contribution in [2.45, 2.75) is 50.0 Å². The van der Waals surface area contributed by atoms with Gasteiger partial charge in [0.25, 0.3) is 0 Å². The molecule has 29 heavy (non-hydrogen) atoms. The topological polar surface area (TPSA) is 64.7 Å². The Kier molecular flexibility index (Phi) is 6.05. The van der Waals surface area contributed by atoms with Gasteiger partial charge in [0.15, 0.2) is 0 Å². The molecule has 2 aliphatic rings. The van der Waals surface area contributed by atoms with E-state index in [9.17, 15) is 5.11 Å². The molecule has 3 atom stereocenters. The summed E-state index contributed by atoms with van der Waals surface area (Å²) in [5, 5.41) is 10.1. The minimum atomic E-state index is -0.395. The van der Waals surface area contributed by atoms with E-state index < -0.39 is 5.54 Å². The Hall–Kier alpha value is -1.75. The van der Waals surface area contributed by atoms with Crippen LogP contribution < -0.4 is 15.2 Å². The van der Waals surface area contributed by atoms with Gasteiger partial charge in [0.05, 0.1) is 25.3 Å². The molecular weight excluding hydrogens is 386 g/mol. The van der Waals surface area contributed by atoms with Crippen molar-refractivity contribution in [2.75, 3.05) is 20.3 Å². The maximum Gasteiger partial charge on any atom is 0.141 e. The largest absolute Gasteiger partial charge is 0.495 e. The first-order valence-corrected chi connectivity index (χ1v) is 10.9. The van der Waals surface area contributed by atoms with Crippen molar-refractivity contribution in [3.05, 3.63) is 58.1 Å². The average molecular weight is 416 g/mol. The zero-order valence-electron chi connectivity index (χ0n) is 17.0. The molecule has 0 saturated heterocycles. The van der Waals surface area contributed by atoms with E-state index >= 15 is 0 Å². The molecule has 0 amide bonds. The van der Waals surface area contributed by atoms with Crippen molar-refractivity contribution < 1.29 is 14.6 Å². The predicted molar refractivity (Wildman–Crippen MR) is 116 cm³/mol. The summed E-state index contributed by atoms with van der Waals surface area (Å²) in [6.07, 6.45) is 6.10. The van der Waals surface area contributed by atoms with E-state index in [-0.39, 0.29) is 6.61 Å². The second-order valence-corrected chi connectivity index (χ2v) is 9.11. The van der Waals surface area contributed by atoms with E-state index in [2.05, 4.69) is 18.2 Å². The third-order valence-electron chi connectivity index (χ3n) is 6.60. The van der Waals surface area contributed by atoms with Gasteiger partial charge in [-0.3, -0.25) is 0 Å². The SMILES string of the molecule is COc1cc(OCC2CCc3cc([C@H]4CC[C@](N)(CO)C4)ccc3C2)ccc1Cl. The van der Waals surface area contributed by atoms with Crippen molar-refractivity contribution in [3.63, 3.8) is 0 Å². The number of hydrogen-bond acceptors (Lipinski definition) is 4. The molecule has 2 aromatic carbocycles. The smallest absolute Gasteiger partial charge is 0.141 e. The number of hydrogen-bond donors (Lipinski definition) is 2. The molecule has 0 heterocycles. The van der Waals surface area contributed by atoms with Gasteiger partial charge in [-0.1, -0.05) is 29.8 Å². The maximum absolute atomic E-state index is 9.54. The number of aryl methyl sites for hydroxylation is 1. The molecule has 4 rings (SSSR count). The van der Waals surface area contributed by atoms with Gasteiger partial charge >= 0.3 is 0 Å². The molecule has 0 spiro atoms. The summed E-state index contributed by atoms with van der Waals surface area (Å²) < 4.78 is 11.3. The number of ether oxygens (including phenoxy) is 2. The summed E-state index contributed by atoms with van der Waals surface area (Å²) in [6, 6.07) is 12.5. The Morgan fingerprint density at radius 1 is 1.17 bits per heavy atom. The lowest BCUT2D eigenvalue weighted by Gasteiger charge is -2.26. The number of aliphatic hydroxyl groups excluding tert-OH is 1. The number of rotatable bonds is 6. The molecule has 1 unspecified atom stereocenters. The Labute approximate surface area is 178 Å². The molecular formula is C24H30ClNO3. The van der Waals surface area contributed by atoms with Gasteiger partial charge in [0.2, 0.25) is 0 Å². The zero-order chi connectivity index (χ0) is 20.4. The third kappa shape index (κ3) is 4.55. The molecule has 1 fully saturated rings. The lowest BCUT2D eigenvalue weighted by atomic mass is 9.82. The van der Waals surface area contributed by atoms with Crippen LogP contribution in [-0.2, 0) is 12.8 Å². The maximum atomic E-state index is 9.54. The van der Waals surface area contributed by atoms with Gasteiger partial charge in [-0.15, -0.1) is 0 Å². The van der Waals surface area contributed by atoms with Crippen molar-refractivity contribution in [2.24, 2.45) is 11.7 Å². The second-order valence-electron chi connectivity index (χ2n) is 8.70. The van der Waals surface area contributed by atoms with Crippen LogP contribution in [0.2, 0.25) is 5.02 Å². The Morgan fingerprint density at radius 2 is 2.03 bits per heavy atom. The zero-order valence-corrected chi connectivity index (χ0v) is 17.8. The van der Waals surface area contributed by atoms with Crippen LogP contribution in [0.5, 0.6) is 11.5 Å². The average Bonchev–Trinajstić information content (AvgIpc) is 3.15. The van der Waals surface area contributed by atoms with Crippen molar-refractivity contribution in [1.82, 2.24) is 0 Å². The predicted octanol–water partition coefficient (Wildman–Crippen LogP) is 4.49. The molecule has 156 valence electrons. The van der Waals surface area contributed by atoms with Crippen LogP contribution in [0.1, 0.15) is 48.3 Å². The van der Waals surface area contributed by atoms with Crippen molar-refractivity contribution in [3.8, 4) is 11.5 Å². The monoisotopic (exact) mass is 415 g/mol. The molecule has 3 N–H and O–H groups in total. The number of aliphatic hydroxyl groups is 1. The van der Waals surface area contributed by atoms with E-state index in [4.69, 9.17) is 26.8 Å². The number of halogens is 1. The Morgan fingerprint density at radius 3 is 2.79 bits per heavy atom. The summed E-state index contributed by atoms with van der Waals surface area (Å²) >= 11 is 6.09. The number of fused-ring (bicyclic) bond motifs is 1. The summed E-state index contributed by atoms with van der Waals surface area (Å²) in [5.74, 6) is 2.41. The summed E-state index contributed by atoms with van der Waals surface area (Å²) in [4.78, 5) is 0. The van der Waals surface area contributed by atoms with Gasteiger partial charge in [0.1, 0.15) is 11.5 Å². The van der Waals surface area contributed by atoms with Gasteiger partial charge in [0, 0.05) is 11.6 Å². The van der Waals surface area contributed by atoms with Gasteiger partial charge in [-0.25, -0.2) is 0 Å². The van der Waals surface area contributed by atoms with E-state index in [0.717, 1.165) is 44.3 Å². The van der Waals surface area contributed by atoms with E-state index in [0.29, 0.717) is 29.2 Å². The lowest BCUT2D eigenvalue weighted by molar-refractivity contribution is 0.198. The molecule has 0 aromatic heterocycles. The van der Waals surface area contributed by atoms with E-state index in [1.54, 1.807) is 7.11 Å². The Balaban J connectivity index is 1.37. The van der Waals surface area contributed by atoms with Crippen molar-refractivity contribution >= 4 is 11.6 Å². The van der Waals surface area contributed by atoms with Crippen LogP contribution in [0.15, 0.2) is 36.4 Å². The first-order valence-electron chi connectivity index (χ1n) is 10.5. The fourth-order valence-electron chi connectivity index (χ4n) is 4.78. The number of nitrogens with two attached hydrogens (primary N) is 1. The van der Waals surface area contributed by atoms with Crippen molar-refractivity contribution in [1.29, 1.82) is 0 Å². The van der Waals surface area contributed by atoms with Crippen LogP contribution in [0.3, 0.4) is 0 Å². The highest BCUT2D eigenvalue weighted by Gasteiger charge is 2.36. The van der Waals surface area contributed by atoms with Crippen LogP contribution in [-0.4, -0.2) is 31.0 Å². The molecule has 0 radical (unpaired) electrons. The highest BCUT2D eigenvalue weighted by atomic mass is 35.5. The number of methoxy groups -OCH3 is 1. The minimum absolute atomic E-state index is 0.0790. The summed E-state index contributed by atoms with van der Waals surface area (Å²) in [7, 11) is 1.61. The standard InChI is InChI=1S/C24H30ClNO3/c1-28-23-12-21(6-7-22(23)25)29-14-16-2-3-18-11-19(5-4-17(18)10-16)20-8-9-24(26,13-20)15-27/h4-7,11-12,16,20,27H,2-3,8-10,13-15,26H2,1H3/t16?,20-,24+/m0/s1. The van der Waals surface area contributed by atoms with Gasteiger partial charge in [-0.2, -0.15) is 0 Å². The first-order chi connectivity index (χ1) is 14.0. The third-order valence-corrected chi connectivity index (χ3v) is 6.91. The number of benzene rings is 2. The van der Waals surface area contributed by atoms with Crippen LogP contribution in [0, 0.1) is 5.92 Å². The Bertz CT molecular complexity index is 871. The molecule has 0 aliphatic heterocycles. The quantitative estimate of drug-likeness (QED) is 0.729. The fraction of sp³-hybridized carbons (Fsp3) is 0.500. The van der Waals surface area contributed by atoms with E-state index in [1.165, 1.54) is 16.7 Å². The molecule has 0 bridgehead atoms. The van der Waals surface area contributed by atoms with Crippen LogP contribution in [0.25, 0.3) is 0 Å². The first kappa shape index (κ1) is 20.5. The molecule has 5 heteroatoms. The van der Waals surface area contributed by atoms with Crippen LogP contribution in [0.4, 0.5) is 0 Å². The normalized spacial score (nSPS) is 26.2. The second kappa shape index (κ2) is 8.55. The fourth-order valence-corrected chi connectivity index (χ4v) is 4.97. The highest BCUT2D eigenvalue weighted by Crippen LogP contribution is 2.40. The highest BCUT2D eigenvalue weighted by molar-refractivity contribution is 6.32. The lowest BCUT2D eigenvalue weighted by Crippen LogP contribution is -2.40. The molecule has 2 aromatic rings. The minimum Gasteiger partial charge on any atom is -0.495 e. The van der Waals surface area contributed by atoms with Crippen LogP contribution >= 0.6 is 11.6 Å². The van der Waals surface area contributed by atoms with Gasteiger partial charge < -0.3 is 20.3 Å². The summed E-state index contributed by atoms with van der Waals surface area (Å²) in [5.41, 5.74) is 10.2. The summed E-state index contributed by atoms with van der Waals surface area (Å²) in [6.45, 7) is 0.774. The molecule has 1 saturated carbocycles. The molecule has 4 nitrogen and oxygen atoms in total. The van der Waals surface area contributed by atoms with Gasteiger partial charge in [-0.05, 0) is 79.2 Å². The molecule has 2 aliphatic carbocycles.